The second kappa shape index (κ2) is 12.0. The number of carbonyl (C=O) groups is 1. The molecule has 10 heteroatoms. The molecule has 41 heavy (non-hydrogen) atoms. The van der Waals surface area contributed by atoms with Crippen LogP contribution in [0.3, 0.4) is 0 Å². The van der Waals surface area contributed by atoms with E-state index in [1.54, 1.807) is 37.1 Å². The third kappa shape index (κ3) is 5.81. The minimum absolute atomic E-state index is 0.317. The number of fused-ring (bicyclic) bond motifs is 1. The van der Waals surface area contributed by atoms with Crippen molar-refractivity contribution in [2.24, 2.45) is 0 Å². The summed E-state index contributed by atoms with van der Waals surface area (Å²) >= 11 is 0. The molecule has 0 fully saturated rings. The van der Waals surface area contributed by atoms with E-state index in [9.17, 15) is 4.79 Å². The summed E-state index contributed by atoms with van der Waals surface area (Å²) in [4.78, 5) is 18.2. The van der Waals surface area contributed by atoms with Crippen LogP contribution in [0.1, 0.15) is 36.6 Å². The van der Waals surface area contributed by atoms with Crippen molar-refractivity contribution in [1.29, 1.82) is 0 Å². The smallest absolute Gasteiger partial charge is 0.255 e. The molecular weight excluding hydrogens is 522 g/mol. The average Bonchev–Trinajstić information content (AvgIpc) is 3.44. The van der Waals surface area contributed by atoms with Gasteiger partial charge in [0, 0.05) is 11.8 Å². The van der Waals surface area contributed by atoms with Gasteiger partial charge in [0.05, 0.1) is 32.1 Å². The largest absolute Gasteiger partial charge is 0.497 e. The van der Waals surface area contributed by atoms with Crippen LogP contribution in [0.25, 0.3) is 0 Å². The van der Waals surface area contributed by atoms with Gasteiger partial charge in [0.1, 0.15) is 30.5 Å². The van der Waals surface area contributed by atoms with Crippen LogP contribution in [0.15, 0.2) is 78.3 Å². The van der Waals surface area contributed by atoms with Gasteiger partial charge in [-0.25, -0.2) is 4.68 Å². The monoisotopic (exact) mass is 555 g/mol. The van der Waals surface area contributed by atoms with Crippen LogP contribution in [0, 0.1) is 6.92 Å². The Morgan fingerprint density at radius 2 is 1.83 bits per heavy atom. The number of nitrogens with one attached hydrogen (secondary N) is 2. The third-order valence-corrected chi connectivity index (χ3v) is 6.76. The molecule has 1 aliphatic rings. The first-order valence-electron chi connectivity index (χ1n) is 13.3. The molecule has 0 spiro atoms. The van der Waals surface area contributed by atoms with Gasteiger partial charge in [-0.1, -0.05) is 35.9 Å². The van der Waals surface area contributed by atoms with Crippen LogP contribution in [-0.2, 0) is 11.4 Å². The van der Waals surface area contributed by atoms with Crippen molar-refractivity contribution in [3.63, 3.8) is 0 Å². The molecular formula is C31H33N5O5. The lowest BCUT2D eigenvalue weighted by Crippen LogP contribution is -2.31. The molecule has 10 nitrogen and oxygen atoms in total. The second-order valence-corrected chi connectivity index (χ2v) is 9.53. The zero-order chi connectivity index (χ0) is 28.9. The first-order valence-corrected chi connectivity index (χ1v) is 13.3. The summed E-state index contributed by atoms with van der Waals surface area (Å²) < 4.78 is 24.6. The van der Waals surface area contributed by atoms with E-state index in [1.807, 2.05) is 44.2 Å². The van der Waals surface area contributed by atoms with Gasteiger partial charge in [0.2, 0.25) is 5.95 Å². The Morgan fingerprint density at radius 3 is 2.59 bits per heavy atom. The molecule has 0 saturated heterocycles. The molecule has 0 unspecified atom stereocenters. The molecule has 1 aromatic heterocycles. The molecule has 212 valence electrons. The molecule has 1 amide bonds. The number of anilines is 2. The second-order valence-electron chi connectivity index (χ2n) is 9.53. The Kier molecular flexibility index (Phi) is 8.09. The first kappa shape index (κ1) is 27.6. The van der Waals surface area contributed by atoms with Gasteiger partial charge in [0.25, 0.3) is 5.91 Å². The molecule has 0 bridgehead atoms. The summed E-state index contributed by atoms with van der Waals surface area (Å²) in [5, 5.41) is 10.6. The summed E-state index contributed by atoms with van der Waals surface area (Å²) in [6.07, 6.45) is 1.46. The number of ether oxygens (including phenoxy) is 4. The highest BCUT2D eigenvalue weighted by Crippen LogP contribution is 2.40. The van der Waals surface area contributed by atoms with Gasteiger partial charge in [-0.2, -0.15) is 10.1 Å². The Labute approximate surface area is 238 Å². The Morgan fingerprint density at radius 1 is 0.976 bits per heavy atom. The number of hydrogen-bond donors (Lipinski definition) is 2. The van der Waals surface area contributed by atoms with Crippen LogP contribution in [0.5, 0.6) is 23.0 Å². The lowest BCUT2D eigenvalue weighted by Gasteiger charge is -2.29. The van der Waals surface area contributed by atoms with E-state index in [1.165, 1.54) is 11.9 Å². The molecule has 2 N–H and O–H groups in total. The number of hydrogen-bond acceptors (Lipinski definition) is 8. The maximum Gasteiger partial charge on any atom is 0.255 e. The average molecular weight is 556 g/mol. The molecule has 5 rings (SSSR count). The third-order valence-electron chi connectivity index (χ3n) is 6.76. The van der Waals surface area contributed by atoms with Crippen molar-refractivity contribution < 1.29 is 23.7 Å². The van der Waals surface area contributed by atoms with Crippen LogP contribution >= 0.6 is 0 Å². The van der Waals surface area contributed by atoms with Gasteiger partial charge in [-0.15, -0.1) is 0 Å². The summed E-state index contributed by atoms with van der Waals surface area (Å²) in [6, 6.07) is 18.5. The van der Waals surface area contributed by atoms with Crippen molar-refractivity contribution in [3.8, 4) is 23.0 Å². The number of carbonyl (C=O) groups excluding carboxylic acids is 1. The lowest BCUT2D eigenvalue weighted by atomic mass is 9.94. The summed E-state index contributed by atoms with van der Waals surface area (Å²) in [5.74, 6) is 2.50. The van der Waals surface area contributed by atoms with Crippen LogP contribution in [0.2, 0.25) is 0 Å². The zero-order valence-electron chi connectivity index (χ0n) is 23.7. The number of benzene rings is 3. The quantitative estimate of drug-likeness (QED) is 0.264. The summed E-state index contributed by atoms with van der Waals surface area (Å²) in [6.45, 7) is 6.66. The topological polar surface area (TPSA) is 109 Å². The highest BCUT2D eigenvalue weighted by atomic mass is 16.5. The fraction of sp³-hybridized carbons (Fsp3) is 0.258. The highest BCUT2D eigenvalue weighted by molar-refractivity contribution is 6.06. The van der Waals surface area contributed by atoms with E-state index in [0.717, 1.165) is 11.1 Å². The van der Waals surface area contributed by atoms with E-state index in [0.29, 0.717) is 59.1 Å². The zero-order valence-corrected chi connectivity index (χ0v) is 23.7. The molecule has 3 aromatic carbocycles. The Balaban J connectivity index is 1.49. The minimum atomic E-state index is -0.581. The molecule has 1 aliphatic heterocycles. The van der Waals surface area contributed by atoms with Crippen molar-refractivity contribution >= 4 is 17.5 Å². The molecule has 0 radical (unpaired) electrons. The lowest BCUT2D eigenvalue weighted by molar-refractivity contribution is -0.113. The van der Waals surface area contributed by atoms with E-state index in [2.05, 4.69) is 39.8 Å². The standard InChI is InChI=1S/C31H33N5O5/c1-6-40-27-15-22(10-13-25(27)41-17-21-9-7-8-19(2)14-21)29-28(20(3)34-31-32-18-33-36(29)31)30(37)35-24-12-11-23(38-4)16-26(24)39-5/h7-16,18,29H,6,17H2,1-5H3,(H,35,37)(H,32,33,34)/t29-/m0/s1. The molecule has 4 aromatic rings. The van der Waals surface area contributed by atoms with Crippen molar-refractivity contribution in [3.05, 3.63) is 95.0 Å². The van der Waals surface area contributed by atoms with Crippen molar-refractivity contribution in [2.45, 2.75) is 33.4 Å². The van der Waals surface area contributed by atoms with Crippen LogP contribution in [-0.4, -0.2) is 41.5 Å². The van der Waals surface area contributed by atoms with Gasteiger partial charge in [-0.05, 0) is 56.2 Å². The van der Waals surface area contributed by atoms with Gasteiger partial charge in [0.15, 0.2) is 11.5 Å². The van der Waals surface area contributed by atoms with Gasteiger partial charge >= 0.3 is 0 Å². The van der Waals surface area contributed by atoms with E-state index < -0.39 is 6.04 Å². The maximum absolute atomic E-state index is 13.9. The van der Waals surface area contributed by atoms with E-state index in [4.69, 9.17) is 18.9 Å². The predicted molar refractivity (Wildman–Crippen MR) is 156 cm³/mol. The molecule has 1 atom stereocenters. The van der Waals surface area contributed by atoms with Gasteiger partial charge < -0.3 is 29.6 Å². The van der Waals surface area contributed by atoms with Crippen LogP contribution in [0.4, 0.5) is 11.6 Å². The maximum atomic E-state index is 13.9. The summed E-state index contributed by atoms with van der Waals surface area (Å²) in [7, 11) is 3.12. The Hall–Kier alpha value is -4.99. The molecule has 0 aliphatic carbocycles. The molecule has 2 heterocycles. The van der Waals surface area contributed by atoms with Gasteiger partial charge in [-0.3, -0.25) is 4.79 Å². The number of methoxy groups -OCH3 is 2. The SMILES string of the molecule is CCOc1cc([C@H]2C(C(=O)Nc3ccc(OC)cc3OC)=C(C)Nc3ncnn32)ccc1OCc1cccc(C)c1. The number of aryl methyl sites for hydroxylation is 1. The van der Waals surface area contributed by atoms with Crippen molar-refractivity contribution in [2.75, 3.05) is 31.5 Å². The Bertz CT molecular complexity index is 1600. The number of amides is 1. The molecule has 0 saturated carbocycles. The first-order chi connectivity index (χ1) is 19.9. The van der Waals surface area contributed by atoms with Crippen LogP contribution < -0.4 is 29.6 Å². The fourth-order valence-corrected chi connectivity index (χ4v) is 4.83. The fourth-order valence-electron chi connectivity index (χ4n) is 4.83. The normalized spacial score (nSPS) is 14.1. The van der Waals surface area contributed by atoms with Crippen molar-refractivity contribution in [1.82, 2.24) is 14.8 Å². The number of nitrogens with zero attached hydrogens (tertiary/aromatic N) is 3. The van der Waals surface area contributed by atoms with E-state index >= 15 is 0 Å². The number of allylic oxidation sites excluding steroid dienone is 1. The summed E-state index contributed by atoms with van der Waals surface area (Å²) in [5.41, 5.74) is 4.65. The van der Waals surface area contributed by atoms with E-state index in [-0.39, 0.29) is 5.91 Å². The highest BCUT2D eigenvalue weighted by Gasteiger charge is 2.34. The number of rotatable bonds is 10. The minimum Gasteiger partial charge on any atom is -0.497 e. The predicted octanol–water partition coefficient (Wildman–Crippen LogP) is 5.51. The number of aromatic nitrogens is 3.